The molecule has 0 saturated carbocycles. The lowest BCUT2D eigenvalue weighted by molar-refractivity contribution is 0.257. The number of hydrogen-bond acceptors (Lipinski definition) is 6. The second kappa shape index (κ2) is 5.18. The maximum atomic E-state index is 5.88. The first-order valence-corrected chi connectivity index (χ1v) is 7.81. The Morgan fingerprint density at radius 2 is 2.20 bits per heavy atom. The molecule has 2 N–H and O–H groups in total. The van der Waals surface area contributed by atoms with E-state index in [1.165, 1.54) is 17.7 Å². The smallest absolute Gasteiger partial charge is 0.223 e. The van der Waals surface area contributed by atoms with Crippen molar-refractivity contribution in [3.05, 3.63) is 10.9 Å². The third kappa shape index (κ3) is 2.45. The average molecular weight is 291 g/mol. The molecule has 1 unspecified atom stereocenters. The van der Waals surface area contributed by atoms with E-state index in [1.807, 2.05) is 0 Å². The van der Waals surface area contributed by atoms with Crippen molar-refractivity contribution in [1.29, 1.82) is 0 Å². The minimum Gasteiger partial charge on any atom is -0.368 e. The number of hydrogen-bond donors (Lipinski definition) is 1. The van der Waals surface area contributed by atoms with Gasteiger partial charge in [-0.3, -0.25) is 0 Å². The van der Waals surface area contributed by atoms with Crippen molar-refractivity contribution in [3.63, 3.8) is 0 Å². The van der Waals surface area contributed by atoms with Crippen LogP contribution < -0.4 is 10.6 Å². The van der Waals surface area contributed by atoms with Crippen molar-refractivity contribution < 1.29 is 0 Å². The lowest BCUT2D eigenvalue weighted by Crippen LogP contribution is -2.45. The maximum absolute atomic E-state index is 5.88. The number of rotatable bonds is 2. The number of nitrogens with two attached hydrogens (primary N) is 1. The van der Waals surface area contributed by atoms with Gasteiger partial charge in [-0.2, -0.15) is 4.98 Å². The molecule has 1 saturated heterocycles. The van der Waals surface area contributed by atoms with Crippen molar-refractivity contribution in [1.82, 2.24) is 14.9 Å². The Morgan fingerprint density at radius 3 is 2.95 bits per heavy atom. The molecule has 5 nitrogen and oxygen atoms in total. The Balaban J connectivity index is 2.00. The summed E-state index contributed by atoms with van der Waals surface area (Å²) in [5.41, 5.74) is 5.88. The first-order chi connectivity index (χ1) is 9.54. The van der Waals surface area contributed by atoms with Crippen LogP contribution in [-0.4, -0.2) is 48.1 Å². The van der Waals surface area contributed by atoms with E-state index in [4.69, 9.17) is 5.73 Å². The Hall–Kier alpha value is -1.40. The fraction of sp³-hybridized carbons (Fsp3) is 0.571. The maximum Gasteiger partial charge on any atom is 0.223 e. The summed E-state index contributed by atoms with van der Waals surface area (Å²) in [6, 6.07) is 2.75. The second-order valence-electron chi connectivity index (χ2n) is 5.69. The van der Waals surface area contributed by atoms with Crippen molar-refractivity contribution in [2.45, 2.75) is 25.8 Å². The Kier molecular flexibility index (Phi) is 3.52. The predicted molar refractivity (Wildman–Crippen MR) is 85.5 cm³/mol. The molecule has 1 fully saturated rings. The number of nitrogens with zero attached hydrogens (tertiary/aromatic N) is 4. The van der Waals surface area contributed by atoms with E-state index < -0.39 is 0 Å². The number of piperidine rings is 1. The molecule has 6 heteroatoms. The van der Waals surface area contributed by atoms with Gasteiger partial charge in [-0.25, -0.2) is 4.98 Å². The van der Waals surface area contributed by atoms with Crippen LogP contribution in [0.1, 0.15) is 17.7 Å². The van der Waals surface area contributed by atoms with E-state index in [2.05, 4.69) is 46.9 Å². The second-order valence-corrected chi connectivity index (χ2v) is 6.92. The number of likely N-dealkylation sites (N-methyl/N-ethyl adjacent to an activating group) is 1. The zero-order chi connectivity index (χ0) is 14.3. The van der Waals surface area contributed by atoms with Crippen LogP contribution in [0, 0.1) is 6.92 Å². The minimum atomic E-state index is 0.376. The number of thiophene rings is 1. The van der Waals surface area contributed by atoms with Crippen LogP contribution in [0.2, 0.25) is 0 Å². The highest BCUT2D eigenvalue weighted by atomic mass is 32.1. The van der Waals surface area contributed by atoms with Crippen molar-refractivity contribution in [3.8, 4) is 0 Å². The first-order valence-electron chi connectivity index (χ1n) is 6.99. The van der Waals surface area contributed by atoms with Crippen LogP contribution >= 0.6 is 11.3 Å². The average Bonchev–Trinajstić information content (AvgIpc) is 2.78. The Morgan fingerprint density at radius 1 is 1.40 bits per heavy atom. The SMILES string of the molecule is Cc1cc2c(N3CCCC(N(C)C)C3)nc(N)nc2s1. The molecule has 0 amide bonds. The summed E-state index contributed by atoms with van der Waals surface area (Å²) < 4.78 is 0. The molecule has 1 aliphatic heterocycles. The molecule has 2 aromatic rings. The molecule has 0 radical (unpaired) electrons. The molecule has 1 atom stereocenters. The molecular formula is C14H21N5S. The topological polar surface area (TPSA) is 58.3 Å². The zero-order valence-electron chi connectivity index (χ0n) is 12.3. The summed E-state index contributed by atoms with van der Waals surface area (Å²) in [5, 5.41) is 1.14. The summed E-state index contributed by atoms with van der Waals surface area (Å²) in [7, 11) is 4.29. The highest BCUT2D eigenvalue weighted by Gasteiger charge is 2.24. The van der Waals surface area contributed by atoms with E-state index in [0.717, 1.165) is 29.1 Å². The van der Waals surface area contributed by atoms with E-state index in [1.54, 1.807) is 11.3 Å². The summed E-state index contributed by atoms with van der Waals surface area (Å²) in [6.45, 7) is 4.16. The van der Waals surface area contributed by atoms with Crippen molar-refractivity contribution in [2.24, 2.45) is 0 Å². The molecule has 3 rings (SSSR count). The van der Waals surface area contributed by atoms with E-state index in [0.29, 0.717) is 12.0 Å². The Labute approximate surface area is 123 Å². The van der Waals surface area contributed by atoms with Crippen LogP contribution in [-0.2, 0) is 0 Å². The summed E-state index contributed by atoms with van der Waals surface area (Å²) >= 11 is 1.68. The normalized spacial score (nSPS) is 20.0. The van der Waals surface area contributed by atoms with Gasteiger partial charge in [0.1, 0.15) is 10.6 Å². The summed E-state index contributed by atoms with van der Waals surface area (Å²) in [4.78, 5) is 15.8. The van der Waals surface area contributed by atoms with Gasteiger partial charge in [0.05, 0.1) is 5.39 Å². The third-order valence-corrected chi connectivity index (χ3v) is 4.88. The summed E-state index contributed by atoms with van der Waals surface area (Å²) in [6.07, 6.45) is 2.44. The molecule has 2 aromatic heterocycles. The van der Waals surface area contributed by atoms with E-state index in [-0.39, 0.29) is 0 Å². The van der Waals surface area contributed by atoms with Crippen LogP contribution in [0.5, 0.6) is 0 Å². The quantitative estimate of drug-likeness (QED) is 0.918. The number of anilines is 2. The predicted octanol–water partition coefficient (Wildman–Crippen LogP) is 2.11. The largest absolute Gasteiger partial charge is 0.368 e. The zero-order valence-corrected chi connectivity index (χ0v) is 13.1. The van der Waals surface area contributed by atoms with Gasteiger partial charge in [0.15, 0.2) is 0 Å². The van der Waals surface area contributed by atoms with Crippen LogP contribution in [0.15, 0.2) is 6.07 Å². The van der Waals surface area contributed by atoms with Gasteiger partial charge < -0.3 is 15.5 Å². The molecule has 0 bridgehead atoms. The fourth-order valence-electron chi connectivity index (χ4n) is 2.85. The van der Waals surface area contributed by atoms with Gasteiger partial charge in [-0.05, 0) is 39.9 Å². The highest BCUT2D eigenvalue weighted by Crippen LogP contribution is 2.32. The van der Waals surface area contributed by atoms with Gasteiger partial charge in [0, 0.05) is 24.0 Å². The molecule has 0 aromatic carbocycles. The first kappa shape index (κ1) is 13.6. The summed E-state index contributed by atoms with van der Waals surface area (Å²) in [5.74, 6) is 1.38. The van der Waals surface area contributed by atoms with Gasteiger partial charge in [-0.15, -0.1) is 11.3 Å². The van der Waals surface area contributed by atoms with E-state index >= 15 is 0 Å². The number of fused-ring (bicyclic) bond motifs is 1. The Bertz CT molecular complexity index is 621. The van der Waals surface area contributed by atoms with Gasteiger partial charge in [0.25, 0.3) is 0 Å². The standard InChI is InChI=1S/C14H21N5S/c1-9-7-11-12(16-14(15)17-13(11)20-9)19-6-4-5-10(8-19)18(2)3/h7,10H,4-6,8H2,1-3H3,(H2,15,16,17). The molecule has 20 heavy (non-hydrogen) atoms. The fourth-order valence-corrected chi connectivity index (χ4v) is 3.73. The monoisotopic (exact) mass is 291 g/mol. The van der Waals surface area contributed by atoms with Gasteiger partial charge >= 0.3 is 0 Å². The minimum absolute atomic E-state index is 0.376. The molecule has 0 spiro atoms. The third-order valence-electron chi connectivity index (χ3n) is 3.94. The molecule has 3 heterocycles. The van der Waals surface area contributed by atoms with Crippen molar-refractivity contribution >= 4 is 33.3 Å². The molecule has 108 valence electrons. The number of nitrogen functional groups attached to an aromatic ring is 1. The lowest BCUT2D eigenvalue weighted by atomic mass is 10.0. The molecule has 1 aliphatic rings. The van der Waals surface area contributed by atoms with Crippen LogP contribution in [0.25, 0.3) is 10.2 Å². The number of aryl methyl sites for hydroxylation is 1. The molecule has 0 aliphatic carbocycles. The molecular weight excluding hydrogens is 270 g/mol. The van der Waals surface area contributed by atoms with Gasteiger partial charge in [-0.1, -0.05) is 0 Å². The van der Waals surface area contributed by atoms with Crippen molar-refractivity contribution in [2.75, 3.05) is 37.8 Å². The van der Waals surface area contributed by atoms with Crippen LogP contribution in [0.3, 0.4) is 0 Å². The number of aromatic nitrogens is 2. The van der Waals surface area contributed by atoms with E-state index in [9.17, 15) is 0 Å². The van der Waals surface area contributed by atoms with Crippen LogP contribution in [0.4, 0.5) is 11.8 Å². The lowest BCUT2D eigenvalue weighted by Gasteiger charge is -2.37. The van der Waals surface area contributed by atoms with Gasteiger partial charge in [0.2, 0.25) is 5.95 Å². The highest BCUT2D eigenvalue weighted by molar-refractivity contribution is 7.18.